The van der Waals surface area contributed by atoms with Crippen LogP contribution in [0.1, 0.15) is 53.6 Å². The predicted octanol–water partition coefficient (Wildman–Crippen LogP) is 4.11. The molecule has 7 heteroatoms. The van der Waals surface area contributed by atoms with E-state index >= 15 is 0 Å². The number of nitriles is 1. The third kappa shape index (κ3) is 4.35. The first-order chi connectivity index (χ1) is 16.1. The first kappa shape index (κ1) is 21.2. The summed E-state index contributed by atoms with van der Waals surface area (Å²) in [5.74, 6) is 0.541. The third-order valence-electron chi connectivity index (χ3n) is 6.52. The van der Waals surface area contributed by atoms with Crippen LogP contribution in [0, 0.1) is 11.5 Å². The van der Waals surface area contributed by atoms with E-state index in [1.54, 1.807) is 12.4 Å². The average molecular weight is 443 g/mol. The molecule has 1 saturated carbocycles. The van der Waals surface area contributed by atoms with E-state index in [1.165, 1.54) is 4.68 Å². The fourth-order valence-electron chi connectivity index (χ4n) is 4.72. The number of aromatic nitrogens is 2. The molecule has 168 valence electrons. The van der Waals surface area contributed by atoms with Crippen molar-refractivity contribution in [2.45, 2.75) is 57.4 Å². The summed E-state index contributed by atoms with van der Waals surface area (Å²) < 4.78 is 7.43. The molecule has 1 fully saturated rings. The standard InChI is InChI=1S/C26H26N4O3/c27-17-30-16-21(13-28-30)19-11-9-18(10-12-19)14-29-15-20-5-4-8-24(25(20)26(29)32)33-23-7-3-1-2-6-22(23)31/h4-5,8-13,16,22-23,31H,1-3,6-7,14-15H2/t22-,23?/m0/s1. The quantitative estimate of drug-likeness (QED) is 0.601. The molecule has 1 amide bonds. The number of nitrogens with zero attached hydrogens (tertiary/aromatic N) is 4. The van der Waals surface area contributed by atoms with E-state index in [4.69, 9.17) is 10.00 Å². The highest BCUT2D eigenvalue weighted by atomic mass is 16.5. The number of benzene rings is 2. The van der Waals surface area contributed by atoms with Gasteiger partial charge in [-0.2, -0.15) is 15.0 Å². The molecule has 3 aromatic rings. The lowest BCUT2D eigenvalue weighted by Gasteiger charge is -2.23. The van der Waals surface area contributed by atoms with Gasteiger partial charge >= 0.3 is 0 Å². The van der Waals surface area contributed by atoms with Gasteiger partial charge in [0, 0.05) is 24.8 Å². The molecule has 1 unspecified atom stereocenters. The van der Waals surface area contributed by atoms with Gasteiger partial charge < -0.3 is 14.7 Å². The summed E-state index contributed by atoms with van der Waals surface area (Å²) >= 11 is 0. The van der Waals surface area contributed by atoms with E-state index in [9.17, 15) is 9.90 Å². The summed E-state index contributed by atoms with van der Waals surface area (Å²) in [7, 11) is 0. The molecular weight excluding hydrogens is 416 g/mol. The van der Waals surface area contributed by atoms with Crippen LogP contribution in [0.3, 0.4) is 0 Å². The van der Waals surface area contributed by atoms with Gasteiger partial charge in [0.2, 0.25) is 6.19 Å². The Morgan fingerprint density at radius 1 is 1.09 bits per heavy atom. The molecule has 2 atom stereocenters. The Hall–Kier alpha value is -3.63. The fraction of sp³-hybridized carbons (Fsp3) is 0.346. The average Bonchev–Trinajstić information content (AvgIpc) is 3.37. The molecule has 2 heterocycles. The van der Waals surface area contributed by atoms with E-state index in [0.717, 1.165) is 54.4 Å². The number of ether oxygens (including phenoxy) is 1. The van der Waals surface area contributed by atoms with E-state index in [1.807, 2.05) is 53.6 Å². The minimum atomic E-state index is -0.491. The largest absolute Gasteiger partial charge is 0.487 e. The topological polar surface area (TPSA) is 91.4 Å². The van der Waals surface area contributed by atoms with Gasteiger partial charge in [0.05, 0.1) is 17.9 Å². The lowest BCUT2D eigenvalue weighted by atomic mass is 10.1. The summed E-state index contributed by atoms with van der Waals surface area (Å²) in [5.41, 5.74) is 4.44. The number of hydrogen-bond donors (Lipinski definition) is 1. The Kier molecular flexibility index (Phi) is 5.84. The highest BCUT2D eigenvalue weighted by molar-refractivity contribution is 6.01. The molecular formula is C26H26N4O3. The van der Waals surface area contributed by atoms with Crippen LogP contribution in [-0.4, -0.2) is 37.9 Å². The lowest BCUT2D eigenvalue weighted by molar-refractivity contribution is 0.0311. The van der Waals surface area contributed by atoms with Gasteiger partial charge in [0.25, 0.3) is 5.91 Å². The molecule has 1 aromatic heterocycles. The van der Waals surface area contributed by atoms with Crippen molar-refractivity contribution >= 4 is 5.91 Å². The highest BCUT2D eigenvalue weighted by Crippen LogP contribution is 2.34. The van der Waals surface area contributed by atoms with E-state index in [2.05, 4.69) is 5.10 Å². The monoisotopic (exact) mass is 442 g/mol. The summed E-state index contributed by atoms with van der Waals surface area (Å²) in [6, 6.07) is 13.7. The normalized spacial score (nSPS) is 20.2. The summed E-state index contributed by atoms with van der Waals surface area (Å²) in [6.45, 7) is 1.03. The molecule has 0 bridgehead atoms. The van der Waals surface area contributed by atoms with Gasteiger partial charge in [0.15, 0.2) is 0 Å². The van der Waals surface area contributed by atoms with Gasteiger partial charge in [0.1, 0.15) is 11.9 Å². The van der Waals surface area contributed by atoms with Gasteiger partial charge in [-0.3, -0.25) is 4.79 Å². The van der Waals surface area contributed by atoms with Crippen LogP contribution >= 0.6 is 0 Å². The molecule has 1 aliphatic heterocycles. The first-order valence-electron chi connectivity index (χ1n) is 11.4. The maximum Gasteiger partial charge on any atom is 0.258 e. The van der Waals surface area contributed by atoms with Crippen LogP contribution in [-0.2, 0) is 13.1 Å². The summed E-state index contributed by atoms with van der Waals surface area (Å²) in [4.78, 5) is 15.1. The van der Waals surface area contributed by atoms with Gasteiger partial charge in [-0.1, -0.05) is 49.2 Å². The van der Waals surface area contributed by atoms with Crippen LogP contribution < -0.4 is 4.74 Å². The number of aliphatic hydroxyl groups excluding tert-OH is 1. The van der Waals surface area contributed by atoms with Crippen molar-refractivity contribution in [1.82, 2.24) is 14.7 Å². The second-order valence-corrected chi connectivity index (χ2v) is 8.78. The van der Waals surface area contributed by atoms with Crippen LogP contribution in [0.4, 0.5) is 0 Å². The van der Waals surface area contributed by atoms with Crippen molar-refractivity contribution in [3.63, 3.8) is 0 Å². The molecule has 33 heavy (non-hydrogen) atoms. The SMILES string of the molecule is N#Cn1cc(-c2ccc(CN3Cc4cccc(OC5CCCCC[C@@H]5O)c4C3=O)cc2)cn1. The fourth-order valence-corrected chi connectivity index (χ4v) is 4.72. The van der Waals surface area contributed by atoms with E-state index in [-0.39, 0.29) is 12.0 Å². The maximum absolute atomic E-state index is 13.3. The number of carbonyl (C=O) groups excluding carboxylic acids is 1. The van der Waals surface area contributed by atoms with Crippen molar-refractivity contribution in [3.05, 3.63) is 71.5 Å². The molecule has 7 nitrogen and oxygen atoms in total. The minimum absolute atomic E-state index is 0.0388. The molecule has 1 aliphatic carbocycles. The first-order valence-corrected chi connectivity index (χ1v) is 11.4. The molecule has 0 spiro atoms. The second kappa shape index (κ2) is 9.08. The maximum atomic E-state index is 13.3. The zero-order chi connectivity index (χ0) is 22.8. The molecule has 1 N–H and O–H groups in total. The van der Waals surface area contributed by atoms with Gasteiger partial charge in [-0.05, 0) is 42.0 Å². The van der Waals surface area contributed by atoms with Crippen molar-refractivity contribution in [2.75, 3.05) is 0 Å². The van der Waals surface area contributed by atoms with Crippen molar-refractivity contribution in [2.24, 2.45) is 0 Å². The summed E-state index contributed by atoms with van der Waals surface area (Å²) in [6.07, 6.45) is 9.25. The van der Waals surface area contributed by atoms with Crippen molar-refractivity contribution in [3.8, 4) is 23.1 Å². The molecule has 2 aromatic carbocycles. The van der Waals surface area contributed by atoms with Crippen LogP contribution in [0.25, 0.3) is 11.1 Å². The Morgan fingerprint density at radius 3 is 2.70 bits per heavy atom. The number of hydrogen-bond acceptors (Lipinski definition) is 5. The van der Waals surface area contributed by atoms with E-state index in [0.29, 0.717) is 24.4 Å². The molecule has 5 rings (SSSR count). The smallest absolute Gasteiger partial charge is 0.258 e. The zero-order valence-electron chi connectivity index (χ0n) is 18.4. The van der Waals surface area contributed by atoms with Gasteiger partial charge in [-0.15, -0.1) is 0 Å². The predicted molar refractivity (Wildman–Crippen MR) is 122 cm³/mol. The Morgan fingerprint density at radius 2 is 1.91 bits per heavy atom. The number of rotatable bonds is 5. The summed E-state index contributed by atoms with van der Waals surface area (Å²) in [5, 5.41) is 23.4. The number of amides is 1. The Bertz CT molecular complexity index is 1190. The molecule has 0 saturated heterocycles. The minimum Gasteiger partial charge on any atom is -0.487 e. The van der Waals surface area contributed by atoms with Crippen LogP contribution in [0.5, 0.6) is 5.75 Å². The zero-order valence-corrected chi connectivity index (χ0v) is 18.4. The van der Waals surface area contributed by atoms with Crippen molar-refractivity contribution < 1.29 is 14.6 Å². The number of fused-ring (bicyclic) bond motifs is 1. The lowest BCUT2D eigenvalue weighted by Crippen LogP contribution is -2.31. The van der Waals surface area contributed by atoms with Gasteiger partial charge in [-0.25, -0.2) is 0 Å². The van der Waals surface area contributed by atoms with E-state index < -0.39 is 6.10 Å². The van der Waals surface area contributed by atoms with Crippen molar-refractivity contribution in [1.29, 1.82) is 5.26 Å². The molecule has 0 radical (unpaired) electrons. The number of aliphatic hydroxyl groups is 1. The highest BCUT2D eigenvalue weighted by Gasteiger charge is 2.32. The number of carbonyl (C=O) groups is 1. The van der Waals surface area contributed by atoms with Crippen LogP contribution in [0.2, 0.25) is 0 Å². The third-order valence-corrected chi connectivity index (χ3v) is 6.52. The van der Waals surface area contributed by atoms with Crippen LogP contribution in [0.15, 0.2) is 54.9 Å². The Labute approximate surface area is 192 Å². The Balaban J connectivity index is 1.30. The second-order valence-electron chi connectivity index (χ2n) is 8.78. The molecule has 2 aliphatic rings.